The normalized spacial score (nSPS) is 17.2. The maximum absolute atomic E-state index is 11.4. The van der Waals surface area contributed by atoms with E-state index in [0.29, 0.717) is 5.56 Å². The summed E-state index contributed by atoms with van der Waals surface area (Å²) in [7, 11) is 1.40. The first kappa shape index (κ1) is 11.3. The quantitative estimate of drug-likeness (QED) is 0.762. The molecule has 0 saturated carbocycles. The molecular formula is C12H15NO2S. The lowest BCUT2D eigenvalue weighted by molar-refractivity contribution is 0.0600. The number of rotatable bonds is 1. The van der Waals surface area contributed by atoms with Gasteiger partial charge in [0.15, 0.2) is 0 Å². The Hall–Kier alpha value is -1.16. The molecule has 0 amide bonds. The van der Waals surface area contributed by atoms with Crippen LogP contribution < -0.4 is 5.32 Å². The molecule has 0 unspecified atom stereocenters. The lowest BCUT2D eigenvalue weighted by Crippen LogP contribution is -2.36. The van der Waals surface area contributed by atoms with Gasteiger partial charge in [0.25, 0.3) is 0 Å². The minimum atomic E-state index is -0.284. The molecule has 0 bridgehead atoms. The number of thioether (sulfide) groups is 1. The number of carbonyl (C=O) groups is 1. The molecule has 1 aliphatic heterocycles. The van der Waals surface area contributed by atoms with Gasteiger partial charge in [-0.3, -0.25) is 0 Å². The summed E-state index contributed by atoms with van der Waals surface area (Å²) in [4.78, 5) is 12.5. The molecular weight excluding hydrogens is 222 g/mol. The minimum Gasteiger partial charge on any atom is -0.465 e. The van der Waals surface area contributed by atoms with Gasteiger partial charge in [0.05, 0.1) is 12.7 Å². The van der Waals surface area contributed by atoms with Crippen molar-refractivity contribution in [1.29, 1.82) is 0 Å². The van der Waals surface area contributed by atoms with Crippen molar-refractivity contribution >= 4 is 23.4 Å². The number of carbonyl (C=O) groups excluding carboxylic acids is 1. The lowest BCUT2D eigenvalue weighted by atomic mass is 10.1. The first-order valence-electron chi connectivity index (χ1n) is 5.15. The first-order chi connectivity index (χ1) is 7.52. The van der Waals surface area contributed by atoms with E-state index in [1.807, 2.05) is 12.1 Å². The summed E-state index contributed by atoms with van der Waals surface area (Å²) in [6, 6.07) is 5.61. The number of hydrogen-bond donors (Lipinski definition) is 1. The zero-order chi connectivity index (χ0) is 11.8. The van der Waals surface area contributed by atoms with Crippen LogP contribution in [0.5, 0.6) is 0 Å². The Balaban J connectivity index is 2.32. The predicted octanol–water partition coefficient (Wildman–Crippen LogP) is 2.77. The van der Waals surface area contributed by atoms with E-state index in [2.05, 4.69) is 19.2 Å². The van der Waals surface area contributed by atoms with E-state index >= 15 is 0 Å². The smallest absolute Gasteiger partial charge is 0.337 e. The molecule has 86 valence electrons. The molecule has 4 heteroatoms. The molecule has 1 N–H and O–H groups in total. The van der Waals surface area contributed by atoms with Crippen molar-refractivity contribution in [3.63, 3.8) is 0 Å². The van der Waals surface area contributed by atoms with Gasteiger partial charge in [0.1, 0.15) is 0 Å². The van der Waals surface area contributed by atoms with Crippen molar-refractivity contribution in [2.45, 2.75) is 24.3 Å². The molecule has 1 aliphatic rings. The molecule has 0 spiro atoms. The fraction of sp³-hybridized carbons (Fsp3) is 0.417. The Bertz CT molecular complexity index is 429. The molecule has 0 fully saturated rings. The van der Waals surface area contributed by atoms with Gasteiger partial charge in [0.2, 0.25) is 0 Å². The summed E-state index contributed by atoms with van der Waals surface area (Å²) < 4.78 is 4.70. The van der Waals surface area contributed by atoms with Crippen LogP contribution >= 0.6 is 11.8 Å². The highest BCUT2D eigenvalue weighted by Gasteiger charge is 2.25. The minimum absolute atomic E-state index is 0.102. The van der Waals surface area contributed by atoms with Crippen LogP contribution in [0.25, 0.3) is 0 Å². The number of benzene rings is 1. The lowest BCUT2D eigenvalue weighted by Gasteiger charge is -2.33. The van der Waals surface area contributed by atoms with Crippen molar-refractivity contribution in [1.82, 2.24) is 0 Å². The van der Waals surface area contributed by atoms with Gasteiger partial charge in [-0.2, -0.15) is 0 Å². The topological polar surface area (TPSA) is 38.3 Å². The van der Waals surface area contributed by atoms with Crippen LogP contribution in [0.15, 0.2) is 23.1 Å². The second kappa shape index (κ2) is 4.01. The third-order valence-electron chi connectivity index (χ3n) is 2.46. The molecule has 1 aromatic rings. The van der Waals surface area contributed by atoms with Crippen LogP contribution in [0.4, 0.5) is 5.69 Å². The highest BCUT2D eigenvalue weighted by atomic mass is 32.2. The van der Waals surface area contributed by atoms with Gasteiger partial charge >= 0.3 is 5.97 Å². The Labute approximate surface area is 99.6 Å². The van der Waals surface area contributed by atoms with E-state index in [0.717, 1.165) is 16.3 Å². The first-order valence-corrected chi connectivity index (χ1v) is 6.14. The summed E-state index contributed by atoms with van der Waals surface area (Å²) in [5, 5.41) is 3.45. The number of esters is 1. The van der Waals surface area contributed by atoms with Gasteiger partial charge in [-0.1, -0.05) is 0 Å². The number of anilines is 1. The summed E-state index contributed by atoms with van der Waals surface area (Å²) >= 11 is 1.77. The maximum atomic E-state index is 11.4. The second-order valence-corrected chi connectivity index (χ2v) is 5.52. The average molecular weight is 237 g/mol. The molecule has 16 heavy (non-hydrogen) atoms. The van der Waals surface area contributed by atoms with Crippen LogP contribution in [-0.4, -0.2) is 24.4 Å². The second-order valence-electron chi connectivity index (χ2n) is 4.50. The zero-order valence-electron chi connectivity index (χ0n) is 9.66. The molecule has 1 aromatic carbocycles. The predicted molar refractivity (Wildman–Crippen MR) is 66.2 cm³/mol. The van der Waals surface area contributed by atoms with Crippen LogP contribution in [0.1, 0.15) is 24.2 Å². The van der Waals surface area contributed by atoms with Crippen LogP contribution in [0.3, 0.4) is 0 Å². The molecule has 0 aliphatic carbocycles. The third-order valence-corrected chi connectivity index (χ3v) is 3.98. The fourth-order valence-electron chi connectivity index (χ4n) is 1.65. The molecule has 2 rings (SSSR count). The zero-order valence-corrected chi connectivity index (χ0v) is 10.5. The highest BCUT2D eigenvalue weighted by molar-refractivity contribution is 7.99. The van der Waals surface area contributed by atoms with Gasteiger partial charge in [0, 0.05) is 21.9 Å². The van der Waals surface area contributed by atoms with Crippen LogP contribution in [-0.2, 0) is 4.74 Å². The van der Waals surface area contributed by atoms with Crippen molar-refractivity contribution in [2.24, 2.45) is 0 Å². The summed E-state index contributed by atoms with van der Waals surface area (Å²) in [6.07, 6.45) is 0. The molecule has 3 nitrogen and oxygen atoms in total. The average Bonchev–Trinajstić information content (AvgIpc) is 2.26. The Morgan fingerprint density at radius 3 is 2.94 bits per heavy atom. The Morgan fingerprint density at radius 1 is 1.50 bits per heavy atom. The highest BCUT2D eigenvalue weighted by Crippen LogP contribution is 2.37. The molecule has 1 heterocycles. The fourth-order valence-corrected chi connectivity index (χ4v) is 2.72. The molecule has 0 saturated heterocycles. The van der Waals surface area contributed by atoms with Gasteiger partial charge in [-0.05, 0) is 32.0 Å². The summed E-state index contributed by atoms with van der Waals surface area (Å²) in [6.45, 7) is 4.33. The Morgan fingerprint density at radius 2 is 2.25 bits per heavy atom. The molecule has 0 atom stereocenters. The number of fused-ring (bicyclic) bond motifs is 1. The molecule has 0 aromatic heterocycles. The van der Waals surface area contributed by atoms with Crippen LogP contribution in [0, 0.1) is 0 Å². The number of nitrogens with one attached hydrogen (secondary N) is 1. The summed E-state index contributed by atoms with van der Waals surface area (Å²) in [5.74, 6) is 0.707. The van der Waals surface area contributed by atoms with Crippen molar-refractivity contribution < 1.29 is 9.53 Å². The van der Waals surface area contributed by atoms with Crippen LogP contribution in [0.2, 0.25) is 0 Å². The third kappa shape index (κ3) is 2.16. The van der Waals surface area contributed by atoms with E-state index in [1.54, 1.807) is 17.8 Å². The molecule has 0 radical (unpaired) electrons. The van der Waals surface area contributed by atoms with E-state index in [4.69, 9.17) is 4.74 Å². The van der Waals surface area contributed by atoms with Gasteiger partial charge in [-0.25, -0.2) is 4.79 Å². The number of ether oxygens (including phenoxy) is 1. The van der Waals surface area contributed by atoms with Crippen molar-refractivity contribution in [3.05, 3.63) is 23.8 Å². The van der Waals surface area contributed by atoms with Gasteiger partial charge in [-0.15, -0.1) is 11.8 Å². The maximum Gasteiger partial charge on any atom is 0.337 e. The van der Waals surface area contributed by atoms with E-state index < -0.39 is 0 Å². The van der Waals surface area contributed by atoms with Gasteiger partial charge < -0.3 is 10.1 Å². The Kier molecular flexibility index (Phi) is 2.84. The van der Waals surface area contributed by atoms with Crippen molar-refractivity contribution in [2.75, 3.05) is 18.2 Å². The number of hydrogen-bond acceptors (Lipinski definition) is 4. The SMILES string of the molecule is COC(=O)c1ccc2c(c1)SCC(C)(C)N2. The monoisotopic (exact) mass is 237 g/mol. The van der Waals surface area contributed by atoms with E-state index in [1.165, 1.54) is 7.11 Å². The van der Waals surface area contributed by atoms with E-state index in [-0.39, 0.29) is 11.5 Å². The summed E-state index contributed by atoms with van der Waals surface area (Å²) in [5.41, 5.74) is 1.80. The largest absolute Gasteiger partial charge is 0.465 e. The van der Waals surface area contributed by atoms with Crippen molar-refractivity contribution in [3.8, 4) is 0 Å². The number of methoxy groups -OCH3 is 1. The van der Waals surface area contributed by atoms with E-state index in [9.17, 15) is 4.79 Å². The standard InChI is InChI=1S/C12H15NO2S/c1-12(2)7-16-10-6-8(11(14)15-3)4-5-9(10)13-12/h4-6,13H,7H2,1-3H3.